The van der Waals surface area contributed by atoms with Gasteiger partial charge in [-0.2, -0.15) is 0 Å². The first-order valence-electron chi connectivity index (χ1n) is 7.89. The second kappa shape index (κ2) is 12.3. The number of hydrogen-bond acceptors (Lipinski definition) is 6. The Morgan fingerprint density at radius 1 is 0.826 bits per heavy atom. The zero-order chi connectivity index (χ0) is 18.5. The first kappa shape index (κ1) is 24.1. The van der Waals surface area contributed by atoms with Crippen LogP contribution in [0.4, 0.5) is 0 Å². The van der Waals surface area contributed by atoms with Gasteiger partial charge in [0.05, 0.1) is 24.4 Å². The summed E-state index contributed by atoms with van der Waals surface area (Å²) in [6, 6.07) is 0. The molecule has 1 atom stereocenters. The van der Waals surface area contributed by atoms with Crippen molar-refractivity contribution < 1.29 is 28.5 Å². The molecule has 23 heavy (non-hydrogen) atoms. The van der Waals surface area contributed by atoms with Crippen LogP contribution >= 0.6 is 0 Å². The highest BCUT2D eigenvalue weighted by atomic mass is 16.5. The van der Waals surface area contributed by atoms with Gasteiger partial charge >= 0.3 is 11.9 Å². The molecule has 0 aliphatic heterocycles. The van der Waals surface area contributed by atoms with Gasteiger partial charge in [0.25, 0.3) is 0 Å². The maximum Gasteiger partial charge on any atom is 0.302 e. The van der Waals surface area contributed by atoms with Gasteiger partial charge in [0.2, 0.25) is 0 Å². The average Bonchev–Trinajstić information content (AvgIpc) is 2.46. The smallest absolute Gasteiger partial charge is 0.302 e. The summed E-state index contributed by atoms with van der Waals surface area (Å²) in [5.74, 6) is -0.471. The molecular weight excluding hydrogens is 300 g/mol. The van der Waals surface area contributed by atoms with Crippen LogP contribution in [0.3, 0.4) is 0 Å². The normalized spacial score (nSPS) is 13.4. The van der Waals surface area contributed by atoms with E-state index in [0.717, 1.165) is 19.3 Å². The number of esters is 2. The van der Waals surface area contributed by atoms with Crippen LogP contribution in [0.25, 0.3) is 0 Å². The van der Waals surface area contributed by atoms with E-state index in [-0.39, 0.29) is 23.1 Å². The Morgan fingerprint density at radius 3 is 1.57 bits per heavy atom. The molecular formula is C17H34O6. The fourth-order valence-corrected chi connectivity index (χ4v) is 1.38. The zero-order valence-corrected chi connectivity index (χ0v) is 16.0. The van der Waals surface area contributed by atoms with Gasteiger partial charge in [-0.05, 0) is 27.2 Å². The van der Waals surface area contributed by atoms with E-state index in [9.17, 15) is 9.59 Å². The number of ether oxygens (including phenoxy) is 4. The van der Waals surface area contributed by atoms with Gasteiger partial charge in [-0.25, -0.2) is 0 Å². The lowest BCUT2D eigenvalue weighted by atomic mass is 10.00. The molecule has 0 fully saturated rings. The molecule has 0 heterocycles. The van der Waals surface area contributed by atoms with E-state index in [1.165, 1.54) is 13.8 Å². The van der Waals surface area contributed by atoms with Crippen LogP contribution in [0.1, 0.15) is 60.8 Å². The topological polar surface area (TPSA) is 71.1 Å². The van der Waals surface area contributed by atoms with Crippen molar-refractivity contribution in [3.8, 4) is 0 Å². The third-order valence-corrected chi connectivity index (χ3v) is 3.74. The van der Waals surface area contributed by atoms with Gasteiger partial charge in [-0.1, -0.05) is 6.92 Å². The summed E-state index contributed by atoms with van der Waals surface area (Å²) < 4.78 is 20.0. The van der Waals surface area contributed by atoms with Gasteiger partial charge in [0.15, 0.2) is 0 Å². The molecule has 6 nitrogen and oxygen atoms in total. The van der Waals surface area contributed by atoms with E-state index in [1.54, 1.807) is 14.2 Å². The molecule has 0 saturated heterocycles. The molecule has 0 amide bonds. The minimum Gasteiger partial charge on any atom is -0.466 e. The second-order valence-corrected chi connectivity index (χ2v) is 6.15. The molecule has 6 heteroatoms. The first-order chi connectivity index (χ1) is 10.5. The van der Waals surface area contributed by atoms with E-state index < -0.39 is 0 Å². The summed E-state index contributed by atoms with van der Waals surface area (Å²) in [7, 11) is 3.32. The van der Waals surface area contributed by atoms with E-state index in [2.05, 4.69) is 6.92 Å². The highest BCUT2D eigenvalue weighted by Gasteiger charge is 2.20. The highest BCUT2D eigenvalue weighted by molar-refractivity contribution is 5.66. The molecule has 0 aromatic carbocycles. The Hall–Kier alpha value is -1.14. The minimum atomic E-state index is -0.239. The molecule has 1 unspecified atom stereocenters. The Labute approximate surface area is 140 Å². The highest BCUT2D eigenvalue weighted by Crippen LogP contribution is 2.18. The third kappa shape index (κ3) is 15.5. The predicted molar refractivity (Wildman–Crippen MR) is 89.3 cm³/mol. The quantitative estimate of drug-likeness (QED) is 0.603. The number of carbonyl (C=O) groups excluding carboxylic acids is 2. The molecule has 138 valence electrons. The number of methoxy groups -OCH3 is 2. The largest absolute Gasteiger partial charge is 0.466 e. The standard InChI is InChI=1S/C9H18O3.C8H16O3/c1-5-9(3,11-4)6-7-12-8(2)10;1-7(9)11-6-5-8(2,3)10-4/h5-7H2,1-4H3;5-6H2,1-4H3. The molecule has 0 aromatic heterocycles. The molecule has 0 radical (unpaired) electrons. The summed E-state index contributed by atoms with van der Waals surface area (Å²) in [6.45, 7) is 11.7. The van der Waals surface area contributed by atoms with Gasteiger partial charge in [0, 0.05) is 40.9 Å². The van der Waals surface area contributed by atoms with Crippen LogP contribution in [-0.2, 0) is 28.5 Å². The molecule has 0 aromatic rings. The lowest BCUT2D eigenvalue weighted by molar-refractivity contribution is -0.143. The molecule has 0 aliphatic rings. The zero-order valence-electron chi connectivity index (χ0n) is 16.0. The van der Waals surface area contributed by atoms with Gasteiger partial charge in [0.1, 0.15) is 0 Å². The number of carbonyl (C=O) groups is 2. The number of rotatable bonds is 9. The number of hydrogen-bond donors (Lipinski definition) is 0. The van der Waals surface area contributed by atoms with E-state index >= 15 is 0 Å². The fourth-order valence-electron chi connectivity index (χ4n) is 1.38. The molecule has 0 rings (SSSR count). The summed E-state index contributed by atoms with van der Waals surface area (Å²) >= 11 is 0. The maximum absolute atomic E-state index is 10.4. The van der Waals surface area contributed by atoms with Crippen molar-refractivity contribution in [2.45, 2.75) is 72.0 Å². The molecule has 0 saturated carbocycles. The molecule has 0 bridgehead atoms. The Bertz CT molecular complexity index is 334. The van der Waals surface area contributed by atoms with E-state index in [0.29, 0.717) is 13.2 Å². The molecule has 0 N–H and O–H groups in total. The van der Waals surface area contributed by atoms with E-state index in [4.69, 9.17) is 18.9 Å². The Balaban J connectivity index is 0. The van der Waals surface area contributed by atoms with Crippen molar-refractivity contribution >= 4 is 11.9 Å². The van der Waals surface area contributed by atoms with Crippen LogP contribution in [0.15, 0.2) is 0 Å². The van der Waals surface area contributed by atoms with Crippen LogP contribution in [0.5, 0.6) is 0 Å². The third-order valence-electron chi connectivity index (χ3n) is 3.74. The van der Waals surface area contributed by atoms with Crippen molar-refractivity contribution in [3.63, 3.8) is 0 Å². The minimum absolute atomic E-state index is 0.157. The van der Waals surface area contributed by atoms with Gasteiger partial charge in [-0.15, -0.1) is 0 Å². The lowest BCUT2D eigenvalue weighted by Crippen LogP contribution is -2.28. The maximum atomic E-state index is 10.4. The average molecular weight is 334 g/mol. The first-order valence-corrected chi connectivity index (χ1v) is 7.89. The summed E-state index contributed by atoms with van der Waals surface area (Å²) in [5, 5.41) is 0. The van der Waals surface area contributed by atoms with Gasteiger partial charge < -0.3 is 18.9 Å². The van der Waals surface area contributed by atoms with Gasteiger partial charge in [-0.3, -0.25) is 9.59 Å². The second-order valence-electron chi connectivity index (χ2n) is 6.15. The predicted octanol–water partition coefficient (Wildman–Crippen LogP) is 3.12. The van der Waals surface area contributed by atoms with Crippen molar-refractivity contribution in [3.05, 3.63) is 0 Å². The summed E-state index contributed by atoms with van der Waals surface area (Å²) in [6.07, 6.45) is 2.40. The van der Waals surface area contributed by atoms with E-state index in [1.807, 2.05) is 20.8 Å². The van der Waals surface area contributed by atoms with Crippen LogP contribution < -0.4 is 0 Å². The van der Waals surface area contributed by atoms with Crippen molar-refractivity contribution in [2.75, 3.05) is 27.4 Å². The van der Waals surface area contributed by atoms with Crippen LogP contribution in [-0.4, -0.2) is 50.6 Å². The Morgan fingerprint density at radius 2 is 1.26 bits per heavy atom. The summed E-state index contributed by atoms with van der Waals surface area (Å²) in [4.78, 5) is 20.8. The van der Waals surface area contributed by atoms with Crippen molar-refractivity contribution in [2.24, 2.45) is 0 Å². The fraction of sp³-hybridized carbons (Fsp3) is 0.882. The summed E-state index contributed by atoms with van der Waals surface area (Å²) in [5.41, 5.74) is -0.356. The Kier molecular flexibility index (Phi) is 12.9. The van der Waals surface area contributed by atoms with Crippen molar-refractivity contribution in [1.82, 2.24) is 0 Å². The van der Waals surface area contributed by atoms with Crippen LogP contribution in [0, 0.1) is 0 Å². The van der Waals surface area contributed by atoms with Crippen LogP contribution in [0.2, 0.25) is 0 Å². The molecule has 0 spiro atoms. The molecule has 0 aliphatic carbocycles. The monoisotopic (exact) mass is 334 g/mol. The van der Waals surface area contributed by atoms with Crippen molar-refractivity contribution in [1.29, 1.82) is 0 Å². The lowest BCUT2D eigenvalue weighted by Gasteiger charge is -2.25. The SMILES string of the molecule is CCC(C)(CCOC(C)=O)OC.COC(C)(C)CCOC(C)=O.